The lowest BCUT2D eigenvalue weighted by atomic mass is 10.1. The van der Waals surface area contributed by atoms with Gasteiger partial charge in [0.25, 0.3) is 5.91 Å². The first kappa shape index (κ1) is 12.4. The van der Waals surface area contributed by atoms with E-state index < -0.39 is 0 Å². The summed E-state index contributed by atoms with van der Waals surface area (Å²) in [6.07, 6.45) is 3.35. The molecule has 0 aliphatic carbocycles. The number of nitrogen functional groups attached to an aromatic ring is 1. The van der Waals surface area contributed by atoms with Crippen LogP contribution in [0.4, 0.5) is 5.69 Å². The van der Waals surface area contributed by atoms with Crippen molar-refractivity contribution in [2.45, 2.75) is 6.54 Å². The summed E-state index contributed by atoms with van der Waals surface area (Å²) in [7, 11) is 0. The fourth-order valence-corrected chi connectivity index (χ4v) is 1.69. The second-order valence-electron chi connectivity index (χ2n) is 3.74. The maximum atomic E-state index is 11.9. The molecular weight excluding hydrogens is 250 g/mol. The quantitative estimate of drug-likeness (QED) is 0.833. The van der Waals surface area contributed by atoms with Crippen molar-refractivity contribution in [2.75, 3.05) is 5.73 Å². The molecule has 4 nitrogen and oxygen atoms in total. The summed E-state index contributed by atoms with van der Waals surface area (Å²) in [5.41, 5.74) is 7.40. The number of nitrogens with two attached hydrogens (primary N) is 1. The van der Waals surface area contributed by atoms with Crippen molar-refractivity contribution < 1.29 is 4.79 Å². The van der Waals surface area contributed by atoms with Gasteiger partial charge in [0.05, 0.1) is 16.3 Å². The smallest absolute Gasteiger partial charge is 0.253 e. The van der Waals surface area contributed by atoms with Crippen LogP contribution in [0.25, 0.3) is 0 Å². The predicted molar refractivity (Wildman–Crippen MR) is 71.3 cm³/mol. The Morgan fingerprint density at radius 2 is 2.00 bits per heavy atom. The van der Waals surface area contributed by atoms with Crippen LogP contribution in [0.5, 0.6) is 0 Å². The van der Waals surface area contributed by atoms with Crippen molar-refractivity contribution in [3.05, 3.63) is 58.9 Å². The van der Waals surface area contributed by atoms with Crippen LogP contribution in [-0.2, 0) is 6.54 Å². The first-order valence-electron chi connectivity index (χ1n) is 5.39. The van der Waals surface area contributed by atoms with Crippen molar-refractivity contribution in [1.29, 1.82) is 0 Å². The summed E-state index contributed by atoms with van der Waals surface area (Å²) >= 11 is 5.86. The number of rotatable bonds is 3. The molecule has 5 heteroatoms. The van der Waals surface area contributed by atoms with Gasteiger partial charge in [-0.25, -0.2) is 0 Å². The zero-order valence-electron chi connectivity index (χ0n) is 9.56. The molecule has 0 spiro atoms. The summed E-state index contributed by atoms with van der Waals surface area (Å²) < 4.78 is 0. The second-order valence-corrected chi connectivity index (χ2v) is 4.15. The van der Waals surface area contributed by atoms with Gasteiger partial charge in [-0.15, -0.1) is 0 Å². The van der Waals surface area contributed by atoms with Crippen LogP contribution in [0.3, 0.4) is 0 Å². The summed E-state index contributed by atoms with van der Waals surface area (Å²) in [6, 6.07) is 8.66. The summed E-state index contributed by atoms with van der Waals surface area (Å²) in [6.45, 7) is 0.424. The van der Waals surface area contributed by atoms with Gasteiger partial charge in [0, 0.05) is 18.9 Å². The molecule has 2 rings (SSSR count). The molecule has 0 radical (unpaired) electrons. The minimum absolute atomic E-state index is 0.244. The van der Waals surface area contributed by atoms with E-state index in [1.54, 1.807) is 30.6 Å². The van der Waals surface area contributed by atoms with E-state index in [0.29, 0.717) is 22.8 Å². The standard InChI is InChI=1S/C13H12ClN3O/c14-11-3-1-2-10(12(11)15)13(18)17-8-9-4-6-16-7-5-9/h1-7H,8,15H2,(H,17,18). The number of nitrogens with one attached hydrogen (secondary N) is 1. The number of nitrogens with zero attached hydrogens (tertiary/aromatic N) is 1. The fraction of sp³-hybridized carbons (Fsp3) is 0.0769. The number of halogens is 1. The number of pyridine rings is 1. The number of anilines is 1. The van der Waals surface area contributed by atoms with Gasteiger partial charge in [-0.2, -0.15) is 0 Å². The van der Waals surface area contributed by atoms with Crippen LogP contribution >= 0.6 is 11.6 Å². The Morgan fingerprint density at radius 1 is 1.28 bits per heavy atom. The number of para-hydroxylation sites is 1. The number of aromatic nitrogens is 1. The lowest BCUT2D eigenvalue weighted by Crippen LogP contribution is -2.23. The highest BCUT2D eigenvalue weighted by atomic mass is 35.5. The number of hydrogen-bond donors (Lipinski definition) is 2. The van der Waals surface area contributed by atoms with E-state index in [2.05, 4.69) is 10.3 Å². The molecule has 92 valence electrons. The third-order valence-electron chi connectivity index (χ3n) is 2.50. The van der Waals surface area contributed by atoms with Crippen molar-refractivity contribution in [3.63, 3.8) is 0 Å². The molecule has 3 N–H and O–H groups in total. The van der Waals surface area contributed by atoms with Crippen molar-refractivity contribution in [3.8, 4) is 0 Å². The molecule has 0 aliphatic rings. The van der Waals surface area contributed by atoms with Gasteiger partial charge in [-0.05, 0) is 29.8 Å². The van der Waals surface area contributed by atoms with E-state index in [0.717, 1.165) is 5.56 Å². The first-order chi connectivity index (χ1) is 8.68. The molecule has 0 unspecified atom stereocenters. The van der Waals surface area contributed by atoms with Crippen LogP contribution < -0.4 is 11.1 Å². The van der Waals surface area contributed by atoms with Gasteiger partial charge in [-0.1, -0.05) is 17.7 Å². The molecule has 0 saturated carbocycles. The van der Waals surface area contributed by atoms with E-state index in [4.69, 9.17) is 17.3 Å². The van der Waals surface area contributed by atoms with Gasteiger partial charge in [0.1, 0.15) is 0 Å². The van der Waals surface area contributed by atoms with Crippen LogP contribution in [0.15, 0.2) is 42.7 Å². The number of carbonyl (C=O) groups is 1. The van der Waals surface area contributed by atoms with Crippen molar-refractivity contribution >= 4 is 23.2 Å². The molecule has 0 fully saturated rings. The highest BCUT2D eigenvalue weighted by Gasteiger charge is 2.10. The Hall–Kier alpha value is -2.07. The average molecular weight is 262 g/mol. The van der Waals surface area contributed by atoms with Crippen LogP contribution in [0.1, 0.15) is 15.9 Å². The van der Waals surface area contributed by atoms with Crippen molar-refractivity contribution in [2.24, 2.45) is 0 Å². The molecule has 1 amide bonds. The van der Waals surface area contributed by atoms with Gasteiger partial charge in [0.15, 0.2) is 0 Å². The number of benzene rings is 1. The third kappa shape index (κ3) is 2.78. The van der Waals surface area contributed by atoms with E-state index in [1.807, 2.05) is 12.1 Å². The Morgan fingerprint density at radius 3 is 2.72 bits per heavy atom. The molecular formula is C13H12ClN3O. The summed E-state index contributed by atoms with van der Waals surface area (Å²) in [5.74, 6) is -0.244. The predicted octanol–water partition coefficient (Wildman–Crippen LogP) is 2.25. The number of amides is 1. The molecule has 0 aliphatic heterocycles. The molecule has 1 aromatic carbocycles. The van der Waals surface area contributed by atoms with Gasteiger partial charge < -0.3 is 11.1 Å². The number of hydrogen-bond acceptors (Lipinski definition) is 3. The van der Waals surface area contributed by atoms with Crippen molar-refractivity contribution in [1.82, 2.24) is 10.3 Å². The minimum atomic E-state index is -0.244. The molecule has 0 saturated heterocycles. The Bertz CT molecular complexity index is 557. The average Bonchev–Trinajstić information content (AvgIpc) is 2.40. The molecule has 0 bridgehead atoms. The Balaban J connectivity index is 2.07. The topological polar surface area (TPSA) is 68.0 Å². The first-order valence-corrected chi connectivity index (χ1v) is 5.77. The molecule has 0 atom stereocenters. The molecule has 1 heterocycles. The van der Waals surface area contributed by atoms with Gasteiger partial charge >= 0.3 is 0 Å². The van der Waals surface area contributed by atoms with E-state index in [1.165, 1.54) is 0 Å². The Kier molecular flexibility index (Phi) is 3.79. The fourth-order valence-electron chi connectivity index (χ4n) is 1.51. The van der Waals surface area contributed by atoms with E-state index in [9.17, 15) is 4.79 Å². The monoisotopic (exact) mass is 261 g/mol. The van der Waals surface area contributed by atoms with Gasteiger partial charge in [-0.3, -0.25) is 9.78 Å². The molecule has 1 aromatic heterocycles. The van der Waals surface area contributed by atoms with Gasteiger partial charge in [0.2, 0.25) is 0 Å². The molecule has 18 heavy (non-hydrogen) atoms. The van der Waals surface area contributed by atoms with Crippen LogP contribution in [0.2, 0.25) is 5.02 Å². The normalized spacial score (nSPS) is 10.1. The zero-order valence-corrected chi connectivity index (χ0v) is 10.3. The van der Waals surface area contributed by atoms with Crippen LogP contribution in [0, 0.1) is 0 Å². The highest BCUT2D eigenvalue weighted by Crippen LogP contribution is 2.22. The van der Waals surface area contributed by atoms with Crippen LogP contribution in [-0.4, -0.2) is 10.9 Å². The summed E-state index contributed by atoms with van der Waals surface area (Å²) in [5, 5.41) is 3.16. The molecule has 2 aromatic rings. The summed E-state index contributed by atoms with van der Waals surface area (Å²) in [4.78, 5) is 15.8. The maximum Gasteiger partial charge on any atom is 0.253 e. The number of carbonyl (C=O) groups excluding carboxylic acids is 1. The lowest BCUT2D eigenvalue weighted by molar-refractivity contribution is 0.0952. The zero-order chi connectivity index (χ0) is 13.0. The lowest BCUT2D eigenvalue weighted by Gasteiger charge is -2.08. The third-order valence-corrected chi connectivity index (χ3v) is 2.83. The second kappa shape index (κ2) is 5.51. The maximum absolute atomic E-state index is 11.9. The van der Waals surface area contributed by atoms with E-state index >= 15 is 0 Å². The van der Waals surface area contributed by atoms with E-state index in [-0.39, 0.29) is 5.91 Å². The largest absolute Gasteiger partial charge is 0.397 e. The minimum Gasteiger partial charge on any atom is -0.397 e. The SMILES string of the molecule is Nc1c(Cl)cccc1C(=O)NCc1ccncc1. The Labute approximate surface area is 110 Å². The highest BCUT2D eigenvalue weighted by molar-refractivity contribution is 6.33.